The fraction of sp³-hybridized carbons (Fsp3) is 0.522. The molecule has 0 unspecified atom stereocenters. The van der Waals surface area contributed by atoms with Gasteiger partial charge in [0.1, 0.15) is 11.4 Å². The number of hydrogen-bond acceptors (Lipinski definition) is 4. The predicted molar refractivity (Wildman–Crippen MR) is 115 cm³/mol. The van der Waals surface area contributed by atoms with Gasteiger partial charge in [-0.2, -0.15) is 13.2 Å². The number of methoxy groups -OCH3 is 1. The third-order valence-corrected chi connectivity index (χ3v) is 6.57. The van der Waals surface area contributed by atoms with Gasteiger partial charge in [-0.1, -0.05) is 6.07 Å². The van der Waals surface area contributed by atoms with E-state index in [1.165, 1.54) is 11.7 Å². The Labute approximate surface area is 186 Å². The van der Waals surface area contributed by atoms with Gasteiger partial charge < -0.3 is 24.6 Å². The molecule has 32 heavy (non-hydrogen) atoms. The molecule has 0 atom stereocenters. The van der Waals surface area contributed by atoms with Crippen LogP contribution in [0.1, 0.15) is 55.4 Å². The molecule has 2 aromatic rings. The van der Waals surface area contributed by atoms with Crippen LogP contribution >= 0.6 is 0 Å². The molecular formula is C23H30F3N3O3. The summed E-state index contributed by atoms with van der Waals surface area (Å²) in [6.07, 6.45) is -3.33. The number of rotatable bonds is 3. The molecule has 0 saturated carbocycles. The van der Waals surface area contributed by atoms with Crippen LogP contribution in [0.2, 0.25) is 0 Å². The lowest BCUT2D eigenvalue weighted by molar-refractivity contribution is -0.144. The highest BCUT2D eigenvalue weighted by Gasteiger charge is 2.44. The van der Waals surface area contributed by atoms with Gasteiger partial charge in [-0.05, 0) is 51.0 Å². The van der Waals surface area contributed by atoms with E-state index >= 15 is 0 Å². The highest BCUT2D eigenvalue weighted by molar-refractivity contribution is 5.95. The molecule has 1 aromatic carbocycles. The van der Waals surface area contributed by atoms with E-state index in [1.54, 1.807) is 43.0 Å². The second kappa shape index (κ2) is 7.81. The number of fused-ring (bicyclic) bond motifs is 2. The SMILES string of the molecule is COc1cc(C(=O)N2CCC3(CC2)NCCn2c(C(F)(F)F)ccc23)ccc1C(C)(C)O.[HH]. The van der Waals surface area contributed by atoms with Crippen molar-refractivity contribution < 1.29 is 29.2 Å². The maximum absolute atomic E-state index is 13.4. The number of aromatic nitrogens is 1. The lowest BCUT2D eigenvalue weighted by Crippen LogP contribution is -2.56. The van der Waals surface area contributed by atoms with Gasteiger partial charge in [0, 0.05) is 44.4 Å². The highest BCUT2D eigenvalue weighted by atomic mass is 19.4. The molecule has 1 spiro atoms. The van der Waals surface area contributed by atoms with Gasteiger partial charge >= 0.3 is 6.18 Å². The van der Waals surface area contributed by atoms with Crippen molar-refractivity contribution in [3.63, 3.8) is 0 Å². The zero-order valence-corrected chi connectivity index (χ0v) is 18.4. The zero-order chi connectivity index (χ0) is 23.3. The molecule has 2 N–H and O–H groups in total. The topological polar surface area (TPSA) is 66.7 Å². The minimum Gasteiger partial charge on any atom is -0.496 e. The Hall–Kier alpha value is -2.52. The molecule has 0 aliphatic carbocycles. The van der Waals surface area contributed by atoms with Crippen molar-refractivity contribution in [2.45, 2.75) is 50.6 Å². The van der Waals surface area contributed by atoms with Gasteiger partial charge in [-0.15, -0.1) is 0 Å². The van der Waals surface area contributed by atoms with Crippen molar-refractivity contribution >= 4 is 5.91 Å². The fourth-order valence-corrected chi connectivity index (χ4v) is 4.91. The number of benzene rings is 1. The van der Waals surface area contributed by atoms with Crippen LogP contribution in [0.15, 0.2) is 30.3 Å². The molecule has 2 aliphatic rings. The molecule has 176 valence electrons. The van der Waals surface area contributed by atoms with E-state index in [1.807, 2.05) is 0 Å². The van der Waals surface area contributed by atoms with Gasteiger partial charge in [-0.25, -0.2) is 0 Å². The van der Waals surface area contributed by atoms with E-state index in [-0.39, 0.29) is 13.9 Å². The smallest absolute Gasteiger partial charge is 0.431 e. The Morgan fingerprint density at radius 3 is 2.44 bits per heavy atom. The van der Waals surface area contributed by atoms with Gasteiger partial charge in [0.05, 0.1) is 18.2 Å². The van der Waals surface area contributed by atoms with E-state index in [0.29, 0.717) is 55.0 Å². The first kappa shape index (κ1) is 22.7. The van der Waals surface area contributed by atoms with Crippen LogP contribution in [0, 0.1) is 0 Å². The normalized spacial score (nSPS) is 18.5. The number of alkyl halides is 3. The Balaban J connectivity index is 0.00000306. The predicted octanol–water partition coefficient (Wildman–Crippen LogP) is 3.72. The summed E-state index contributed by atoms with van der Waals surface area (Å²) in [5.74, 6) is 0.269. The standard InChI is InChI=1S/C23H28F3N3O3.H2/c1-21(2,31)16-5-4-15(14-17(16)32-3)20(30)28-11-8-22(9-12-28)18-6-7-19(23(24,25)26)29(18)13-10-27-22;/h4-7,14,27,31H,8-13H2,1-3H3;1H. The van der Waals surface area contributed by atoms with Crippen molar-refractivity contribution in [2.24, 2.45) is 0 Å². The number of hydrogen-bond donors (Lipinski definition) is 2. The second-order valence-electron chi connectivity index (χ2n) is 9.03. The van der Waals surface area contributed by atoms with Crippen LogP contribution < -0.4 is 10.1 Å². The first-order valence-corrected chi connectivity index (χ1v) is 10.7. The van der Waals surface area contributed by atoms with Crippen molar-refractivity contribution in [3.8, 4) is 5.75 Å². The summed E-state index contributed by atoms with van der Waals surface area (Å²) in [6.45, 7) is 4.87. The molecule has 0 radical (unpaired) electrons. The van der Waals surface area contributed by atoms with E-state index in [2.05, 4.69) is 5.32 Å². The van der Waals surface area contributed by atoms with Crippen molar-refractivity contribution in [2.75, 3.05) is 26.7 Å². The maximum Gasteiger partial charge on any atom is 0.431 e. The second-order valence-corrected chi connectivity index (χ2v) is 9.03. The number of carbonyl (C=O) groups excluding carboxylic acids is 1. The average Bonchev–Trinajstić information content (AvgIpc) is 3.19. The summed E-state index contributed by atoms with van der Waals surface area (Å²) >= 11 is 0. The van der Waals surface area contributed by atoms with Crippen LogP contribution in [0.5, 0.6) is 5.75 Å². The number of aliphatic hydroxyl groups is 1. The Kier molecular flexibility index (Phi) is 5.53. The number of piperidine rings is 1. The lowest BCUT2D eigenvalue weighted by atomic mass is 9.83. The Morgan fingerprint density at radius 1 is 1.16 bits per heavy atom. The summed E-state index contributed by atoms with van der Waals surface area (Å²) in [5, 5.41) is 13.7. The first-order chi connectivity index (χ1) is 15.0. The first-order valence-electron chi connectivity index (χ1n) is 10.7. The zero-order valence-electron chi connectivity index (χ0n) is 18.4. The third kappa shape index (κ3) is 3.88. The lowest BCUT2D eigenvalue weighted by Gasteiger charge is -2.45. The summed E-state index contributed by atoms with van der Waals surface area (Å²) in [4.78, 5) is 14.8. The van der Waals surface area contributed by atoms with Gasteiger partial charge in [0.25, 0.3) is 5.91 Å². The molecule has 1 aromatic heterocycles. The molecule has 1 fully saturated rings. The summed E-state index contributed by atoms with van der Waals surface area (Å²) in [6, 6.07) is 7.69. The summed E-state index contributed by atoms with van der Waals surface area (Å²) in [5.41, 5.74) is -0.625. The highest BCUT2D eigenvalue weighted by Crippen LogP contribution is 2.40. The van der Waals surface area contributed by atoms with Gasteiger partial charge in [-0.3, -0.25) is 4.79 Å². The fourth-order valence-electron chi connectivity index (χ4n) is 4.91. The molecule has 3 heterocycles. The molecule has 0 bridgehead atoms. The summed E-state index contributed by atoms with van der Waals surface area (Å²) in [7, 11) is 1.49. The molecular weight excluding hydrogens is 423 g/mol. The number of nitrogens with zero attached hydrogens (tertiary/aromatic N) is 2. The van der Waals surface area contributed by atoms with E-state index < -0.39 is 23.0 Å². The van der Waals surface area contributed by atoms with Gasteiger partial charge in [0.2, 0.25) is 0 Å². The molecule has 1 saturated heterocycles. The van der Waals surface area contributed by atoms with Crippen LogP contribution in [-0.2, 0) is 23.9 Å². The van der Waals surface area contributed by atoms with Crippen LogP contribution in [0.25, 0.3) is 0 Å². The van der Waals surface area contributed by atoms with E-state index in [9.17, 15) is 23.1 Å². The molecule has 2 aliphatic heterocycles. The van der Waals surface area contributed by atoms with Gasteiger partial charge in [0.15, 0.2) is 0 Å². The molecule has 9 heteroatoms. The Bertz CT molecular complexity index is 1020. The van der Waals surface area contributed by atoms with E-state index in [4.69, 9.17) is 4.74 Å². The van der Waals surface area contributed by atoms with E-state index in [0.717, 1.165) is 6.07 Å². The minimum absolute atomic E-state index is 0. The maximum atomic E-state index is 13.4. The van der Waals surface area contributed by atoms with Crippen molar-refractivity contribution in [3.05, 3.63) is 52.8 Å². The summed E-state index contributed by atoms with van der Waals surface area (Å²) < 4.78 is 46.8. The van der Waals surface area contributed by atoms with Crippen molar-refractivity contribution in [1.29, 1.82) is 0 Å². The molecule has 4 rings (SSSR count). The van der Waals surface area contributed by atoms with Crippen molar-refractivity contribution in [1.82, 2.24) is 14.8 Å². The Morgan fingerprint density at radius 2 is 1.84 bits per heavy atom. The minimum atomic E-state index is -4.39. The number of ether oxygens (including phenoxy) is 1. The largest absolute Gasteiger partial charge is 0.496 e. The number of amides is 1. The quantitative estimate of drug-likeness (QED) is 0.744. The van der Waals surface area contributed by atoms with Crippen LogP contribution in [0.3, 0.4) is 0 Å². The van der Waals surface area contributed by atoms with Crippen LogP contribution in [-0.4, -0.2) is 47.2 Å². The monoisotopic (exact) mass is 453 g/mol. The molecule has 1 amide bonds. The number of nitrogens with one attached hydrogen (secondary N) is 1. The number of halogens is 3. The number of carbonyl (C=O) groups is 1. The van der Waals surface area contributed by atoms with Crippen LogP contribution in [0.4, 0.5) is 13.2 Å². The third-order valence-electron chi connectivity index (χ3n) is 6.57. The number of likely N-dealkylation sites (tertiary alicyclic amines) is 1. The molecule has 6 nitrogen and oxygen atoms in total. The average molecular weight is 454 g/mol.